The molecular weight excluding hydrogens is 280 g/mol. The fourth-order valence-electron chi connectivity index (χ4n) is 1.30. The second-order valence-corrected chi connectivity index (χ2v) is 5.96. The second-order valence-electron chi connectivity index (χ2n) is 3.23. The Kier molecular flexibility index (Phi) is 4.11. The predicted molar refractivity (Wildman–Crippen MR) is 68.7 cm³/mol. The minimum atomic E-state index is -0.951. The van der Waals surface area contributed by atoms with E-state index in [0.29, 0.717) is 15.9 Å². The topological polar surface area (TPSA) is 62.2 Å². The highest BCUT2D eigenvalue weighted by molar-refractivity contribution is 7.16. The Morgan fingerprint density at radius 3 is 3.00 bits per heavy atom. The third kappa shape index (κ3) is 3.26. The SMILES string of the molecule is O=C(O)C(NCc1cccs1)c1ncc(Cl)s1. The average Bonchev–Trinajstić information content (AvgIpc) is 2.90. The molecule has 17 heavy (non-hydrogen) atoms. The Morgan fingerprint density at radius 2 is 2.47 bits per heavy atom. The van der Waals surface area contributed by atoms with Gasteiger partial charge in [-0.15, -0.1) is 22.7 Å². The Hall–Kier alpha value is -0.950. The molecule has 0 aliphatic rings. The van der Waals surface area contributed by atoms with E-state index in [1.54, 1.807) is 11.3 Å². The van der Waals surface area contributed by atoms with Crippen molar-refractivity contribution in [1.29, 1.82) is 0 Å². The van der Waals surface area contributed by atoms with Gasteiger partial charge in [0.2, 0.25) is 0 Å². The molecule has 1 unspecified atom stereocenters. The maximum atomic E-state index is 11.1. The molecule has 7 heteroatoms. The van der Waals surface area contributed by atoms with Crippen LogP contribution < -0.4 is 5.32 Å². The predicted octanol–water partition coefficient (Wildman–Crippen LogP) is 2.77. The third-order valence-electron chi connectivity index (χ3n) is 2.05. The van der Waals surface area contributed by atoms with Gasteiger partial charge in [-0.05, 0) is 11.4 Å². The zero-order valence-electron chi connectivity index (χ0n) is 8.59. The maximum absolute atomic E-state index is 11.1. The molecule has 0 aliphatic heterocycles. The molecule has 0 saturated heterocycles. The van der Waals surface area contributed by atoms with Gasteiger partial charge in [0.25, 0.3) is 0 Å². The lowest BCUT2D eigenvalue weighted by molar-refractivity contribution is -0.139. The number of aliphatic carboxylic acids is 1. The van der Waals surface area contributed by atoms with Crippen molar-refractivity contribution in [1.82, 2.24) is 10.3 Å². The van der Waals surface area contributed by atoms with Crippen molar-refractivity contribution in [2.45, 2.75) is 12.6 Å². The van der Waals surface area contributed by atoms with Crippen LogP contribution >= 0.6 is 34.3 Å². The van der Waals surface area contributed by atoms with Gasteiger partial charge in [-0.25, -0.2) is 4.98 Å². The molecule has 2 N–H and O–H groups in total. The summed E-state index contributed by atoms with van der Waals surface area (Å²) >= 11 is 8.50. The first-order valence-corrected chi connectivity index (χ1v) is 6.84. The number of nitrogens with one attached hydrogen (secondary N) is 1. The van der Waals surface area contributed by atoms with Crippen LogP contribution in [0.4, 0.5) is 0 Å². The highest BCUT2D eigenvalue weighted by atomic mass is 35.5. The molecule has 0 radical (unpaired) electrons. The maximum Gasteiger partial charge on any atom is 0.327 e. The van der Waals surface area contributed by atoms with Crippen LogP contribution in [0.3, 0.4) is 0 Å². The average molecular weight is 289 g/mol. The molecule has 2 rings (SSSR count). The molecule has 0 aliphatic carbocycles. The van der Waals surface area contributed by atoms with E-state index >= 15 is 0 Å². The van der Waals surface area contributed by atoms with Gasteiger partial charge >= 0.3 is 5.97 Å². The van der Waals surface area contributed by atoms with Crippen molar-refractivity contribution < 1.29 is 9.90 Å². The minimum absolute atomic E-state index is 0.471. The summed E-state index contributed by atoms with van der Waals surface area (Å²) in [6.07, 6.45) is 1.46. The lowest BCUT2D eigenvalue weighted by atomic mass is 10.3. The van der Waals surface area contributed by atoms with Gasteiger partial charge in [0, 0.05) is 11.4 Å². The Morgan fingerprint density at radius 1 is 1.65 bits per heavy atom. The number of aromatic nitrogens is 1. The highest BCUT2D eigenvalue weighted by Gasteiger charge is 2.22. The highest BCUT2D eigenvalue weighted by Crippen LogP contribution is 2.24. The van der Waals surface area contributed by atoms with Gasteiger partial charge < -0.3 is 5.11 Å². The number of nitrogens with zero attached hydrogens (tertiary/aromatic N) is 1. The lowest BCUT2D eigenvalue weighted by Gasteiger charge is -2.10. The standard InChI is InChI=1S/C10H9ClN2O2S2/c11-7-5-13-9(17-7)8(10(14)15)12-4-6-2-1-3-16-6/h1-3,5,8,12H,4H2,(H,14,15). The van der Waals surface area contributed by atoms with Crippen LogP contribution in [0.15, 0.2) is 23.7 Å². The van der Waals surface area contributed by atoms with Crippen LogP contribution in [0.1, 0.15) is 15.9 Å². The van der Waals surface area contributed by atoms with E-state index in [2.05, 4.69) is 10.3 Å². The molecule has 0 bridgehead atoms. The van der Waals surface area contributed by atoms with Gasteiger partial charge in [0.15, 0.2) is 6.04 Å². The zero-order valence-corrected chi connectivity index (χ0v) is 11.0. The smallest absolute Gasteiger partial charge is 0.327 e. The van der Waals surface area contributed by atoms with Crippen LogP contribution in [-0.4, -0.2) is 16.1 Å². The van der Waals surface area contributed by atoms with E-state index in [4.69, 9.17) is 16.7 Å². The van der Waals surface area contributed by atoms with Crippen LogP contribution in [-0.2, 0) is 11.3 Å². The van der Waals surface area contributed by atoms with E-state index in [0.717, 1.165) is 4.88 Å². The molecule has 0 fully saturated rings. The van der Waals surface area contributed by atoms with Crippen LogP contribution in [0.5, 0.6) is 0 Å². The molecular formula is C10H9ClN2O2S2. The number of hydrogen-bond acceptors (Lipinski definition) is 5. The molecule has 2 heterocycles. The van der Waals surface area contributed by atoms with E-state index in [9.17, 15) is 4.79 Å². The number of rotatable bonds is 5. The quantitative estimate of drug-likeness (QED) is 0.888. The summed E-state index contributed by atoms with van der Waals surface area (Å²) in [4.78, 5) is 16.2. The van der Waals surface area contributed by atoms with Crippen molar-refractivity contribution in [3.05, 3.63) is 37.9 Å². The Bertz CT molecular complexity index is 498. The molecule has 0 amide bonds. The van der Waals surface area contributed by atoms with E-state index < -0.39 is 12.0 Å². The molecule has 90 valence electrons. The second kappa shape index (κ2) is 5.59. The van der Waals surface area contributed by atoms with Crippen LogP contribution in [0.2, 0.25) is 4.34 Å². The third-order valence-corrected chi connectivity index (χ3v) is 4.11. The summed E-state index contributed by atoms with van der Waals surface area (Å²) in [6, 6.07) is 3.07. The number of thiazole rings is 1. The molecule has 0 aromatic carbocycles. The minimum Gasteiger partial charge on any atom is -0.480 e. The number of carboxylic acid groups (broad SMARTS) is 1. The van der Waals surface area contributed by atoms with Crippen molar-refractivity contribution in [3.8, 4) is 0 Å². The summed E-state index contributed by atoms with van der Waals surface area (Å²) < 4.78 is 0.490. The van der Waals surface area contributed by atoms with Crippen molar-refractivity contribution in [3.63, 3.8) is 0 Å². The van der Waals surface area contributed by atoms with Gasteiger partial charge in [-0.1, -0.05) is 17.7 Å². The molecule has 0 saturated carbocycles. The fourth-order valence-corrected chi connectivity index (χ4v) is 2.95. The molecule has 1 atom stereocenters. The summed E-state index contributed by atoms with van der Waals surface area (Å²) in [7, 11) is 0. The van der Waals surface area contributed by atoms with Gasteiger partial charge in [-0.2, -0.15) is 0 Å². The van der Waals surface area contributed by atoms with E-state index in [-0.39, 0.29) is 0 Å². The summed E-state index contributed by atoms with van der Waals surface area (Å²) in [5, 5.41) is 14.5. The zero-order chi connectivity index (χ0) is 12.3. The lowest BCUT2D eigenvalue weighted by Crippen LogP contribution is -2.27. The van der Waals surface area contributed by atoms with Crippen molar-refractivity contribution in [2.24, 2.45) is 0 Å². The largest absolute Gasteiger partial charge is 0.480 e. The number of carbonyl (C=O) groups is 1. The van der Waals surface area contributed by atoms with E-state index in [1.165, 1.54) is 17.5 Å². The summed E-state index contributed by atoms with van der Waals surface area (Å²) in [6.45, 7) is 0.506. The number of halogens is 1. The van der Waals surface area contributed by atoms with Crippen molar-refractivity contribution in [2.75, 3.05) is 0 Å². The molecule has 2 aromatic heterocycles. The number of hydrogen-bond donors (Lipinski definition) is 2. The molecule has 0 spiro atoms. The normalized spacial score (nSPS) is 12.5. The Labute approximate surface area is 111 Å². The number of carboxylic acids is 1. The summed E-state index contributed by atoms with van der Waals surface area (Å²) in [5.41, 5.74) is 0. The Balaban J connectivity index is 2.05. The fraction of sp³-hybridized carbons (Fsp3) is 0.200. The first kappa shape index (κ1) is 12.5. The van der Waals surface area contributed by atoms with Gasteiger partial charge in [-0.3, -0.25) is 10.1 Å². The molecule has 4 nitrogen and oxygen atoms in total. The monoisotopic (exact) mass is 288 g/mol. The first-order valence-electron chi connectivity index (χ1n) is 4.76. The van der Waals surface area contributed by atoms with Gasteiger partial charge in [0.1, 0.15) is 9.34 Å². The summed E-state index contributed by atoms with van der Waals surface area (Å²) in [5.74, 6) is -0.951. The number of thiophene rings is 1. The van der Waals surface area contributed by atoms with E-state index in [1.807, 2.05) is 17.5 Å². The first-order chi connectivity index (χ1) is 8.16. The molecule has 2 aromatic rings. The van der Waals surface area contributed by atoms with Crippen molar-refractivity contribution >= 4 is 40.2 Å². The van der Waals surface area contributed by atoms with Crippen LogP contribution in [0, 0.1) is 0 Å². The van der Waals surface area contributed by atoms with Gasteiger partial charge in [0.05, 0.1) is 6.20 Å². The van der Waals surface area contributed by atoms with Crippen LogP contribution in [0.25, 0.3) is 0 Å².